The van der Waals surface area contributed by atoms with Gasteiger partial charge in [0, 0.05) is 5.88 Å². The van der Waals surface area contributed by atoms with E-state index < -0.39 is 11.4 Å². The molecule has 0 saturated carbocycles. The molecule has 15 heavy (non-hydrogen) atoms. The molecule has 1 unspecified atom stereocenters. The molecule has 0 radical (unpaired) electrons. The minimum Gasteiger partial charge on any atom is -0.284 e. The van der Waals surface area contributed by atoms with Crippen molar-refractivity contribution >= 4 is 23.0 Å². The van der Waals surface area contributed by atoms with Gasteiger partial charge in [0.2, 0.25) is 0 Å². The molecule has 0 rings (SSSR count). The lowest BCUT2D eigenvalue weighted by atomic mass is 10.1. The lowest BCUT2D eigenvalue weighted by Crippen LogP contribution is -1.97. The van der Waals surface area contributed by atoms with Crippen molar-refractivity contribution in [2.75, 3.05) is 12.5 Å². The number of alkyl halides is 1. The van der Waals surface area contributed by atoms with Gasteiger partial charge in [0.1, 0.15) is 0 Å². The number of halogens is 1. The largest absolute Gasteiger partial charge is 0.301 e. The van der Waals surface area contributed by atoms with E-state index in [0.29, 0.717) is 6.61 Å². The monoisotopic (exact) mass is 256 g/mol. The van der Waals surface area contributed by atoms with Gasteiger partial charge < -0.3 is 0 Å². The minimum absolute atomic E-state index is 0.384. The van der Waals surface area contributed by atoms with Crippen LogP contribution in [0.3, 0.4) is 0 Å². The Hall–Kier alpha value is 0.360. The first-order valence-electron chi connectivity index (χ1n) is 5.57. The fourth-order valence-corrected chi connectivity index (χ4v) is 1.84. The Morgan fingerprint density at radius 1 is 0.933 bits per heavy atom. The molecule has 0 aliphatic carbocycles. The molecule has 5 heteroatoms. The number of rotatable bonds is 11. The van der Waals surface area contributed by atoms with Crippen LogP contribution in [0.2, 0.25) is 0 Å². The highest BCUT2D eigenvalue weighted by molar-refractivity contribution is 7.74. The fraction of sp³-hybridized carbons (Fsp3) is 1.00. The molecule has 0 amide bonds. The van der Waals surface area contributed by atoms with Gasteiger partial charge in [-0.2, -0.15) is 4.21 Å². The Morgan fingerprint density at radius 2 is 1.40 bits per heavy atom. The molecule has 0 aromatic rings. The van der Waals surface area contributed by atoms with Crippen LogP contribution in [0.25, 0.3) is 0 Å². The van der Waals surface area contributed by atoms with Crippen LogP contribution in [0.1, 0.15) is 51.4 Å². The van der Waals surface area contributed by atoms with Crippen molar-refractivity contribution in [1.82, 2.24) is 0 Å². The van der Waals surface area contributed by atoms with Crippen molar-refractivity contribution in [1.29, 1.82) is 0 Å². The van der Waals surface area contributed by atoms with Gasteiger partial charge in [-0.25, -0.2) is 0 Å². The first-order chi connectivity index (χ1) is 7.27. The molecule has 0 spiro atoms. The van der Waals surface area contributed by atoms with Crippen molar-refractivity contribution in [3.05, 3.63) is 0 Å². The van der Waals surface area contributed by atoms with Gasteiger partial charge in [0.05, 0.1) is 6.61 Å². The van der Waals surface area contributed by atoms with Crippen LogP contribution in [0.4, 0.5) is 0 Å². The molecule has 1 N–H and O–H groups in total. The third-order valence-corrected chi connectivity index (χ3v) is 2.85. The second-order valence-corrected chi connectivity index (χ2v) is 4.60. The Bertz CT molecular complexity index is 156. The van der Waals surface area contributed by atoms with Crippen LogP contribution in [0.5, 0.6) is 0 Å². The van der Waals surface area contributed by atoms with Crippen molar-refractivity contribution in [2.24, 2.45) is 0 Å². The molecule has 0 aromatic carbocycles. The highest BCUT2D eigenvalue weighted by Gasteiger charge is 1.94. The predicted molar refractivity (Wildman–Crippen MR) is 64.4 cm³/mol. The maximum Gasteiger partial charge on any atom is 0.301 e. The van der Waals surface area contributed by atoms with Gasteiger partial charge in [-0.3, -0.25) is 8.74 Å². The van der Waals surface area contributed by atoms with Gasteiger partial charge in [-0.1, -0.05) is 38.5 Å². The van der Waals surface area contributed by atoms with Crippen LogP contribution >= 0.6 is 11.6 Å². The normalized spacial score (nSPS) is 12.9. The molecular formula is C10H21ClO3S. The molecular weight excluding hydrogens is 236 g/mol. The smallest absolute Gasteiger partial charge is 0.284 e. The van der Waals surface area contributed by atoms with Crippen LogP contribution in [0, 0.1) is 0 Å². The van der Waals surface area contributed by atoms with E-state index in [1.165, 1.54) is 32.1 Å². The molecule has 0 saturated heterocycles. The van der Waals surface area contributed by atoms with Gasteiger partial charge >= 0.3 is 11.4 Å². The zero-order valence-electron chi connectivity index (χ0n) is 9.12. The molecule has 0 bridgehead atoms. The van der Waals surface area contributed by atoms with Gasteiger partial charge in [0.25, 0.3) is 0 Å². The maximum atomic E-state index is 10.1. The van der Waals surface area contributed by atoms with Crippen LogP contribution in [-0.4, -0.2) is 21.2 Å². The zero-order chi connectivity index (χ0) is 11.4. The molecule has 0 heterocycles. The summed E-state index contributed by atoms with van der Waals surface area (Å²) < 4.78 is 22.9. The summed E-state index contributed by atoms with van der Waals surface area (Å²) in [5.41, 5.74) is 0. The third kappa shape index (κ3) is 14.4. The SMILES string of the molecule is O=S(O)OCCCCCCCCCCCl. The summed E-state index contributed by atoms with van der Waals surface area (Å²) >= 11 is 3.47. The van der Waals surface area contributed by atoms with Gasteiger partial charge in [0.15, 0.2) is 0 Å². The standard InChI is InChI=1S/C10H21ClO3S/c11-9-7-5-3-1-2-4-6-8-10-14-15(12)13/h1-10H2,(H,12,13). The maximum absolute atomic E-state index is 10.1. The van der Waals surface area contributed by atoms with E-state index in [9.17, 15) is 4.21 Å². The summed E-state index contributed by atoms with van der Waals surface area (Å²) in [5, 5.41) is 0. The Labute approximate surface area is 100 Å². The summed E-state index contributed by atoms with van der Waals surface area (Å²) in [6.07, 6.45) is 9.26. The molecule has 0 fully saturated rings. The van der Waals surface area contributed by atoms with E-state index >= 15 is 0 Å². The number of hydrogen-bond donors (Lipinski definition) is 1. The van der Waals surface area contributed by atoms with Crippen molar-refractivity contribution in [2.45, 2.75) is 51.4 Å². The summed E-state index contributed by atoms with van der Waals surface area (Å²) in [4.78, 5) is 0. The van der Waals surface area contributed by atoms with E-state index in [2.05, 4.69) is 4.18 Å². The average Bonchev–Trinajstić information content (AvgIpc) is 2.20. The van der Waals surface area contributed by atoms with Crippen LogP contribution in [-0.2, 0) is 15.5 Å². The first-order valence-corrected chi connectivity index (χ1v) is 7.14. The molecule has 3 nitrogen and oxygen atoms in total. The van der Waals surface area contributed by atoms with E-state index in [1.807, 2.05) is 0 Å². The topological polar surface area (TPSA) is 46.5 Å². The quantitative estimate of drug-likeness (QED) is 0.350. The third-order valence-electron chi connectivity index (χ3n) is 2.21. The van der Waals surface area contributed by atoms with Gasteiger partial charge in [-0.15, -0.1) is 11.6 Å². The second-order valence-electron chi connectivity index (χ2n) is 3.56. The minimum atomic E-state index is -2.09. The van der Waals surface area contributed by atoms with Crippen molar-refractivity contribution in [3.8, 4) is 0 Å². The molecule has 1 atom stereocenters. The molecule has 0 aliphatic heterocycles. The molecule has 0 aliphatic rings. The van der Waals surface area contributed by atoms with E-state index in [1.54, 1.807) is 0 Å². The summed E-state index contributed by atoms with van der Waals surface area (Å²) in [6, 6.07) is 0. The molecule has 0 aromatic heterocycles. The highest BCUT2D eigenvalue weighted by atomic mass is 35.5. The average molecular weight is 257 g/mol. The predicted octanol–water partition coefficient (Wildman–Crippen LogP) is 3.50. The van der Waals surface area contributed by atoms with Crippen LogP contribution < -0.4 is 0 Å². The Kier molecular flexibility index (Phi) is 12.7. The summed E-state index contributed by atoms with van der Waals surface area (Å²) in [7, 11) is 0. The second kappa shape index (κ2) is 12.4. The first kappa shape index (κ1) is 15.4. The van der Waals surface area contributed by atoms with Gasteiger partial charge in [-0.05, 0) is 12.8 Å². The van der Waals surface area contributed by atoms with E-state index in [0.717, 1.165) is 25.1 Å². The highest BCUT2D eigenvalue weighted by Crippen LogP contribution is 2.08. The zero-order valence-corrected chi connectivity index (χ0v) is 10.7. The van der Waals surface area contributed by atoms with Crippen LogP contribution in [0.15, 0.2) is 0 Å². The summed E-state index contributed by atoms with van der Waals surface area (Å²) in [6.45, 7) is 0.384. The number of hydrogen-bond acceptors (Lipinski definition) is 2. The lowest BCUT2D eigenvalue weighted by molar-refractivity contribution is 0.296. The molecule has 92 valence electrons. The fourth-order valence-electron chi connectivity index (χ4n) is 1.39. The van der Waals surface area contributed by atoms with Crippen molar-refractivity contribution < 1.29 is 12.9 Å². The van der Waals surface area contributed by atoms with E-state index in [-0.39, 0.29) is 0 Å². The lowest BCUT2D eigenvalue weighted by Gasteiger charge is -2.01. The van der Waals surface area contributed by atoms with Crippen molar-refractivity contribution in [3.63, 3.8) is 0 Å². The van der Waals surface area contributed by atoms with E-state index in [4.69, 9.17) is 16.2 Å². The summed E-state index contributed by atoms with van der Waals surface area (Å²) in [5.74, 6) is 0.773. The Morgan fingerprint density at radius 3 is 1.87 bits per heavy atom. The Balaban J connectivity index is 2.89. The number of unbranched alkanes of at least 4 members (excludes halogenated alkanes) is 7.